The largest absolute Gasteiger partial charge is 0.466 e. The van der Waals surface area contributed by atoms with Crippen LogP contribution in [0, 0.1) is 0 Å². The van der Waals surface area contributed by atoms with Gasteiger partial charge < -0.3 is 10.1 Å². The number of benzene rings is 2. The number of hydrogen-bond acceptors (Lipinski definition) is 5. The van der Waals surface area contributed by atoms with Crippen LogP contribution in [0.5, 0.6) is 0 Å². The fourth-order valence-corrected chi connectivity index (χ4v) is 3.82. The van der Waals surface area contributed by atoms with Crippen LogP contribution in [0.25, 0.3) is 0 Å². The Morgan fingerprint density at radius 3 is 2.32 bits per heavy atom. The molecule has 0 fully saturated rings. The molecule has 1 amide bonds. The van der Waals surface area contributed by atoms with E-state index in [0.717, 1.165) is 0 Å². The van der Waals surface area contributed by atoms with Crippen molar-refractivity contribution < 1.29 is 22.7 Å². The van der Waals surface area contributed by atoms with Crippen molar-refractivity contribution in [2.75, 3.05) is 18.9 Å². The Kier molecular flexibility index (Phi) is 8.47. The molecule has 0 aliphatic heterocycles. The molecular formula is C20H22ClNO5S. The number of amides is 1. The van der Waals surface area contributed by atoms with Gasteiger partial charge in [0.1, 0.15) is 0 Å². The Balaban J connectivity index is 1.59. The summed E-state index contributed by atoms with van der Waals surface area (Å²) in [5.41, 5.74) is 0.492. The maximum absolute atomic E-state index is 12.1. The molecule has 0 saturated carbocycles. The number of nitrogens with one attached hydrogen (secondary N) is 1. The SMILES string of the molecule is O=C(CCCNC(=O)c1ccc(Cl)cc1)OCCCS(=O)(=O)c1ccccc1. The van der Waals surface area contributed by atoms with Crippen LogP contribution < -0.4 is 5.32 Å². The second kappa shape index (κ2) is 10.8. The molecule has 0 spiro atoms. The van der Waals surface area contributed by atoms with E-state index in [4.69, 9.17) is 16.3 Å². The molecule has 2 aromatic carbocycles. The van der Waals surface area contributed by atoms with Crippen LogP contribution in [0.4, 0.5) is 0 Å². The van der Waals surface area contributed by atoms with Gasteiger partial charge in [0.05, 0.1) is 17.3 Å². The molecule has 28 heavy (non-hydrogen) atoms. The van der Waals surface area contributed by atoms with Crippen molar-refractivity contribution in [2.45, 2.75) is 24.2 Å². The van der Waals surface area contributed by atoms with Gasteiger partial charge in [-0.1, -0.05) is 29.8 Å². The summed E-state index contributed by atoms with van der Waals surface area (Å²) in [6.45, 7) is 0.376. The number of carbonyl (C=O) groups excluding carboxylic acids is 2. The number of carbonyl (C=O) groups is 2. The van der Waals surface area contributed by atoms with Crippen LogP contribution in [-0.4, -0.2) is 39.2 Å². The number of rotatable bonds is 10. The zero-order valence-electron chi connectivity index (χ0n) is 15.3. The maximum atomic E-state index is 12.1. The smallest absolute Gasteiger partial charge is 0.305 e. The number of ether oxygens (including phenoxy) is 1. The molecule has 0 atom stereocenters. The monoisotopic (exact) mass is 423 g/mol. The lowest BCUT2D eigenvalue weighted by molar-refractivity contribution is -0.143. The molecular weight excluding hydrogens is 402 g/mol. The molecule has 2 aromatic rings. The van der Waals surface area contributed by atoms with Crippen molar-refractivity contribution >= 4 is 33.3 Å². The van der Waals surface area contributed by atoms with E-state index in [0.29, 0.717) is 23.6 Å². The maximum Gasteiger partial charge on any atom is 0.305 e. The Hall–Kier alpha value is -2.38. The average Bonchev–Trinajstić information content (AvgIpc) is 2.69. The zero-order valence-corrected chi connectivity index (χ0v) is 16.8. The van der Waals surface area contributed by atoms with E-state index >= 15 is 0 Å². The van der Waals surface area contributed by atoms with Crippen molar-refractivity contribution in [3.63, 3.8) is 0 Å². The predicted octanol–water partition coefficient (Wildman–Crippen LogP) is 3.26. The average molecular weight is 424 g/mol. The summed E-state index contributed by atoms with van der Waals surface area (Å²) >= 11 is 5.77. The quantitative estimate of drug-likeness (QED) is 0.468. The molecule has 0 aliphatic rings. The summed E-state index contributed by atoms with van der Waals surface area (Å²) in [5.74, 6) is -0.740. The second-order valence-electron chi connectivity index (χ2n) is 6.07. The molecule has 8 heteroatoms. The van der Waals surface area contributed by atoms with E-state index in [2.05, 4.69) is 5.32 Å². The first kappa shape index (κ1) is 21.9. The lowest BCUT2D eigenvalue weighted by atomic mass is 10.2. The summed E-state index contributed by atoms with van der Waals surface area (Å²) in [6.07, 6.45) is 0.809. The van der Waals surface area contributed by atoms with Crippen molar-refractivity contribution in [3.05, 3.63) is 65.2 Å². The van der Waals surface area contributed by atoms with Crippen LogP contribution in [0.15, 0.2) is 59.5 Å². The van der Waals surface area contributed by atoms with Gasteiger partial charge in [-0.25, -0.2) is 8.42 Å². The Morgan fingerprint density at radius 2 is 1.64 bits per heavy atom. The normalized spacial score (nSPS) is 11.0. The summed E-state index contributed by atoms with van der Waals surface area (Å²) in [7, 11) is -3.36. The Morgan fingerprint density at radius 1 is 0.964 bits per heavy atom. The molecule has 0 aliphatic carbocycles. The Labute approximate surface area is 169 Å². The van der Waals surface area contributed by atoms with Gasteiger partial charge in [0.2, 0.25) is 0 Å². The number of esters is 1. The second-order valence-corrected chi connectivity index (χ2v) is 8.62. The van der Waals surface area contributed by atoms with E-state index in [-0.39, 0.29) is 36.0 Å². The highest BCUT2D eigenvalue weighted by Crippen LogP contribution is 2.11. The van der Waals surface area contributed by atoms with E-state index in [1.165, 1.54) is 0 Å². The van der Waals surface area contributed by atoms with E-state index in [9.17, 15) is 18.0 Å². The number of hydrogen-bond donors (Lipinski definition) is 1. The minimum Gasteiger partial charge on any atom is -0.466 e. The summed E-state index contributed by atoms with van der Waals surface area (Å²) in [6, 6.07) is 14.7. The number of halogens is 1. The van der Waals surface area contributed by atoms with Crippen LogP contribution >= 0.6 is 11.6 Å². The van der Waals surface area contributed by atoms with Crippen molar-refractivity contribution in [3.8, 4) is 0 Å². The van der Waals surface area contributed by atoms with E-state index < -0.39 is 15.8 Å². The van der Waals surface area contributed by atoms with Crippen LogP contribution in [0.1, 0.15) is 29.6 Å². The fourth-order valence-electron chi connectivity index (χ4n) is 2.39. The van der Waals surface area contributed by atoms with Crippen molar-refractivity contribution in [2.24, 2.45) is 0 Å². The van der Waals surface area contributed by atoms with Gasteiger partial charge in [0.25, 0.3) is 5.91 Å². The van der Waals surface area contributed by atoms with Gasteiger partial charge in [0.15, 0.2) is 9.84 Å². The third kappa shape index (κ3) is 7.32. The minimum atomic E-state index is -3.36. The lowest BCUT2D eigenvalue weighted by Crippen LogP contribution is -2.25. The molecule has 0 unspecified atom stereocenters. The fraction of sp³-hybridized carbons (Fsp3) is 0.300. The lowest BCUT2D eigenvalue weighted by Gasteiger charge is -2.07. The highest BCUT2D eigenvalue weighted by atomic mass is 35.5. The van der Waals surface area contributed by atoms with Crippen molar-refractivity contribution in [1.82, 2.24) is 5.32 Å². The molecule has 0 saturated heterocycles. The molecule has 1 N–H and O–H groups in total. The van der Waals surface area contributed by atoms with Gasteiger partial charge in [-0.15, -0.1) is 0 Å². The topological polar surface area (TPSA) is 89.5 Å². The molecule has 2 rings (SSSR count). The summed E-state index contributed by atoms with van der Waals surface area (Å²) in [5, 5.41) is 3.26. The van der Waals surface area contributed by atoms with Gasteiger partial charge in [0, 0.05) is 23.6 Å². The molecule has 150 valence electrons. The first-order valence-electron chi connectivity index (χ1n) is 8.86. The first-order chi connectivity index (χ1) is 13.4. The summed E-state index contributed by atoms with van der Waals surface area (Å²) in [4.78, 5) is 23.8. The third-order valence-electron chi connectivity index (χ3n) is 3.87. The minimum absolute atomic E-state index is 0.0437. The van der Waals surface area contributed by atoms with Gasteiger partial charge in [-0.05, 0) is 49.2 Å². The zero-order chi connectivity index (χ0) is 20.4. The highest BCUT2D eigenvalue weighted by molar-refractivity contribution is 7.91. The molecule has 6 nitrogen and oxygen atoms in total. The standard InChI is InChI=1S/C20H22ClNO5S/c21-17-11-9-16(10-12-17)20(24)22-13-4-8-19(23)27-14-5-15-28(25,26)18-6-2-1-3-7-18/h1-3,6-7,9-12H,4-5,8,13-15H2,(H,22,24). The molecule has 0 heterocycles. The number of sulfone groups is 1. The highest BCUT2D eigenvalue weighted by Gasteiger charge is 2.14. The van der Waals surface area contributed by atoms with Crippen LogP contribution in [0.2, 0.25) is 5.02 Å². The summed E-state index contributed by atoms with van der Waals surface area (Å²) < 4.78 is 29.2. The van der Waals surface area contributed by atoms with Gasteiger partial charge in [-0.3, -0.25) is 9.59 Å². The van der Waals surface area contributed by atoms with Crippen LogP contribution in [-0.2, 0) is 19.4 Å². The van der Waals surface area contributed by atoms with Crippen LogP contribution in [0.3, 0.4) is 0 Å². The first-order valence-corrected chi connectivity index (χ1v) is 10.9. The Bertz CT molecular complexity index is 883. The van der Waals surface area contributed by atoms with Gasteiger partial charge >= 0.3 is 5.97 Å². The predicted molar refractivity (Wildman–Crippen MR) is 107 cm³/mol. The third-order valence-corrected chi connectivity index (χ3v) is 5.94. The van der Waals surface area contributed by atoms with Crippen molar-refractivity contribution in [1.29, 1.82) is 0 Å². The molecule has 0 bridgehead atoms. The van der Waals surface area contributed by atoms with E-state index in [1.54, 1.807) is 54.6 Å². The van der Waals surface area contributed by atoms with E-state index in [1.807, 2.05) is 0 Å². The molecule has 0 aromatic heterocycles. The molecule has 0 radical (unpaired) electrons. The van der Waals surface area contributed by atoms with Gasteiger partial charge in [-0.2, -0.15) is 0 Å².